The predicted molar refractivity (Wildman–Crippen MR) is 132 cm³/mol. The van der Waals surface area contributed by atoms with Crippen molar-refractivity contribution in [3.8, 4) is 5.75 Å². The molecule has 2 aliphatic carbocycles. The van der Waals surface area contributed by atoms with Gasteiger partial charge in [0.1, 0.15) is 29.0 Å². The maximum Gasteiger partial charge on any atom is 0.343 e. The van der Waals surface area contributed by atoms with Crippen molar-refractivity contribution in [1.82, 2.24) is 0 Å². The lowest BCUT2D eigenvalue weighted by Crippen LogP contribution is -2.30. The minimum atomic E-state index is -1.08. The van der Waals surface area contributed by atoms with E-state index in [-0.39, 0.29) is 34.8 Å². The van der Waals surface area contributed by atoms with Crippen LogP contribution in [0.3, 0.4) is 0 Å². The summed E-state index contributed by atoms with van der Waals surface area (Å²) in [5.74, 6) is -3.34. The normalized spacial score (nSPS) is 23.9. The molecule has 0 radical (unpaired) electrons. The number of rotatable bonds is 7. The smallest absolute Gasteiger partial charge is 0.343 e. The van der Waals surface area contributed by atoms with Crippen molar-refractivity contribution in [3.05, 3.63) is 89.0 Å². The number of hydrogen-bond acceptors (Lipinski definition) is 2. The van der Waals surface area contributed by atoms with Gasteiger partial charge in [0, 0.05) is 23.3 Å². The van der Waals surface area contributed by atoms with E-state index in [4.69, 9.17) is 4.74 Å². The van der Waals surface area contributed by atoms with Gasteiger partial charge in [-0.1, -0.05) is 18.2 Å². The summed E-state index contributed by atoms with van der Waals surface area (Å²) >= 11 is 0. The van der Waals surface area contributed by atoms with Crippen LogP contribution in [-0.4, -0.2) is 5.97 Å². The minimum absolute atomic E-state index is 0.0178. The molecule has 4 rings (SSSR count). The van der Waals surface area contributed by atoms with Crippen molar-refractivity contribution in [2.45, 2.75) is 64.2 Å². The lowest BCUT2D eigenvalue weighted by Gasteiger charge is -2.42. The first-order chi connectivity index (χ1) is 17.3. The van der Waals surface area contributed by atoms with Crippen LogP contribution in [0, 0.1) is 41.0 Å². The number of benzene rings is 2. The van der Waals surface area contributed by atoms with Gasteiger partial charge in [-0.3, -0.25) is 0 Å². The van der Waals surface area contributed by atoms with E-state index in [1.165, 1.54) is 0 Å². The highest BCUT2D eigenvalue weighted by Gasteiger charge is 2.37. The van der Waals surface area contributed by atoms with Gasteiger partial charge in [0.15, 0.2) is 0 Å². The topological polar surface area (TPSA) is 26.3 Å². The standard InChI is InChI=1S/C30H32F4O2/c1-3-5-7-24-25(31)16-23(17-26(24)32)36-30(35)22-14-27(33)29(28(34)15-22)21-11-10-19-12-18(6-4-2)8-9-20(19)13-21/h3-4,6,14-21H,1,5,7-13H2,2H3/b6-4+. The summed E-state index contributed by atoms with van der Waals surface area (Å²) in [6, 6.07) is 3.70. The summed E-state index contributed by atoms with van der Waals surface area (Å²) in [6.45, 7) is 5.56. The summed E-state index contributed by atoms with van der Waals surface area (Å²) in [4.78, 5) is 12.5. The van der Waals surface area contributed by atoms with Crippen molar-refractivity contribution in [1.29, 1.82) is 0 Å². The van der Waals surface area contributed by atoms with E-state index in [0.717, 1.165) is 56.4 Å². The second-order valence-electron chi connectivity index (χ2n) is 10.1. The molecule has 192 valence electrons. The molecule has 0 saturated heterocycles. The zero-order valence-corrected chi connectivity index (χ0v) is 20.5. The summed E-state index contributed by atoms with van der Waals surface area (Å²) in [6.07, 6.45) is 12.1. The molecule has 0 amide bonds. The maximum absolute atomic E-state index is 15.1. The Labute approximate surface area is 210 Å². The van der Waals surface area contributed by atoms with E-state index in [1.54, 1.807) is 6.08 Å². The monoisotopic (exact) mass is 500 g/mol. The van der Waals surface area contributed by atoms with E-state index in [2.05, 4.69) is 18.7 Å². The third kappa shape index (κ3) is 5.74. The van der Waals surface area contributed by atoms with E-state index in [0.29, 0.717) is 30.6 Å². The summed E-state index contributed by atoms with van der Waals surface area (Å²) in [7, 11) is 0. The lowest BCUT2D eigenvalue weighted by molar-refractivity contribution is 0.0732. The number of carbonyl (C=O) groups excluding carboxylic acids is 1. The highest BCUT2D eigenvalue weighted by Crippen LogP contribution is 2.48. The maximum atomic E-state index is 15.1. The Kier molecular flexibility index (Phi) is 8.32. The molecule has 0 N–H and O–H groups in total. The largest absolute Gasteiger partial charge is 0.423 e. The molecule has 6 heteroatoms. The number of allylic oxidation sites excluding steroid dienone is 3. The number of ether oxygens (including phenoxy) is 1. The number of fused-ring (bicyclic) bond motifs is 1. The third-order valence-electron chi connectivity index (χ3n) is 7.76. The van der Waals surface area contributed by atoms with E-state index < -0.39 is 29.2 Å². The van der Waals surface area contributed by atoms with Gasteiger partial charge < -0.3 is 4.74 Å². The van der Waals surface area contributed by atoms with Gasteiger partial charge in [-0.15, -0.1) is 6.58 Å². The van der Waals surface area contributed by atoms with Crippen LogP contribution in [0.5, 0.6) is 5.75 Å². The fraction of sp³-hybridized carbons (Fsp3) is 0.433. The molecule has 0 aliphatic heterocycles. The van der Waals surface area contributed by atoms with Gasteiger partial charge in [0.2, 0.25) is 0 Å². The van der Waals surface area contributed by atoms with Crippen molar-refractivity contribution in [2.75, 3.05) is 0 Å². The molecule has 2 aromatic carbocycles. The Bertz CT molecular complexity index is 1110. The van der Waals surface area contributed by atoms with Crippen molar-refractivity contribution >= 4 is 5.97 Å². The Morgan fingerprint density at radius 2 is 1.58 bits per heavy atom. The average molecular weight is 501 g/mol. The second kappa shape index (κ2) is 11.4. The van der Waals surface area contributed by atoms with Crippen LogP contribution in [0.15, 0.2) is 49.1 Å². The molecule has 0 heterocycles. The van der Waals surface area contributed by atoms with E-state index in [9.17, 15) is 13.6 Å². The van der Waals surface area contributed by atoms with Crippen LogP contribution in [-0.2, 0) is 6.42 Å². The Hall–Kier alpha value is -2.89. The van der Waals surface area contributed by atoms with Crippen molar-refractivity contribution < 1.29 is 27.1 Å². The van der Waals surface area contributed by atoms with Gasteiger partial charge in [0.05, 0.1) is 5.56 Å². The van der Waals surface area contributed by atoms with Crippen LogP contribution in [0.4, 0.5) is 17.6 Å². The summed E-state index contributed by atoms with van der Waals surface area (Å²) < 4.78 is 63.8. The predicted octanol–water partition coefficient (Wildman–Crippen LogP) is 8.46. The molecule has 36 heavy (non-hydrogen) atoms. The molecule has 2 saturated carbocycles. The van der Waals surface area contributed by atoms with Gasteiger partial charge in [0.25, 0.3) is 0 Å². The Morgan fingerprint density at radius 1 is 0.944 bits per heavy atom. The lowest BCUT2D eigenvalue weighted by atomic mass is 9.63. The van der Waals surface area contributed by atoms with Crippen LogP contribution < -0.4 is 4.74 Å². The minimum Gasteiger partial charge on any atom is -0.423 e. The van der Waals surface area contributed by atoms with Crippen molar-refractivity contribution in [3.63, 3.8) is 0 Å². The first-order valence-electron chi connectivity index (χ1n) is 12.7. The molecule has 0 spiro atoms. The number of carbonyl (C=O) groups is 1. The highest BCUT2D eigenvalue weighted by molar-refractivity contribution is 5.91. The molecule has 2 aliphatic rings. The van der Waals surface area contributed by atoms with E-state index in [1.807, 2.05) is 6.92 Å². The summed E-state index contributed by atoms with van der Waals surface area (Å²) in [5.41, 5.74) is -0.462. The fourth-order valence-electron chi connectivity index (χ4n) is 6.02. The third-order valence-corrected chi connectivity index (χ3v) is 7.76. The Balaban J connectivity index is 1.46. The molecule has 0 aromatic heterocycles. The van der Waals surface area contributed by atoms with Gasteiger partial charge in [-0.25, -0.2) is 22.4 Å². The summed E-state index contributed by atoms with van der Waals surface area (Å²) in [5, 5.41) is 0. The zero-order valence-electron chi connectivity index (χ0n) is 20.5. The quantitative estimate of drug-likeness (QED) is 0.165. The molecular weight excluding hydrogens is 468 g/mol. The van der Waals surface area contributed by atoms with E-state index >= 15 is 8.78 Å². The number of halogens is 4. The average Bonchev–Trinajstić information content (AvgIpc) is 2.83. The van der Waals surface area contributed by atoms with Crippen LogP contribution in [0.2, 0.25) is 0 Å². The highest BCUT2D eigenvalue weighted by atomic mass is 19.1. The molecule has 2 nitrogen and oxygen atoms in total. The molecule has 0 bridgehead atoms. The van der Waals surface area contributed by atoms with Gasteiger partial charge >= 0.3 is 5.97 Å². The van der Waals surface area contributed by atoms with Gasteiger partial charge in [-0.2, -0.15) is 0 Å². The van der Waals surface area contributed by atoms with Crippen LogP contribution in [0.25, 0.3) is 0 Å². The van der Waals surface area contributed by atoms with Crippen molar-refractivity contribution in [2.24, 2.45) is 17.8 Å². The SMILES string of the molecule is C=CCCc1c(F)cc(OC(=O)c2cc(F)c(C3CCC4CC(/C=C/C)CCC4C3)c(F)c2)cc1F. The zero-order chi connectivity index (χ0) is 25.8. The molecule has 2 aromatic rings. The van der Waals surface area contributed by atoms with Gasteiger partial charge in [-0.05, 0) is 94.1 Å². The fourth-order valence-corrected chi connectivity index (χ4v) is 6.02. The molecular formula is C30H32F4O2. The first kappa shape index (κ1) is 26.2. The second-order valence-corrected chi connectivity index (χ2v) is 10.1. The van der Waals surface area contributed by atoms with Crippen LogP contribution in [0.1, 0.15) is 79.3 Å². The number of esters is 1. The molecule has 4 atom stereocenters. The number of hydrogen-bond donors (Lipinski definition) is 0. The van der Waals surface area contributed by atoms with Crippen LogP contribution >= 0.6 is 0 Å². The Morgan fingerprint density at radius 3 is 2.22 bits per heavy atom. The first-order valence-corrected chi connectivity index (χ1v) is 12.7. The molecule has 2 fully saturated rings. The molecule has 4 unspecified atom stereocenters.